The first kappa shape index (κ1) is 20.7. The van der Waals surface area contributed by atoms with Gasteiger partial charge in [-0.2, -0.15) is 8.42 Å². The Kier molecular flexibility index (Phi) is 6.11. The van der Waals surface area contributed by atoms with Crippen molar-refractivity contribution in [2.75, 3.05) is 30.5 Å². The Morgan fingerprint density at radius 1 is 1.41 bits per heavy atom. The van der Waals surface area contributed by atoms with Crippen molar-refractivity contribution in [1.29, 1.82) is 0 Å². The first-order valence-corrected chi connectivity index (χ1v) is 10.3. The van der Waals surface area contributed by atoms with Gasteiger partial charge in [0.05, 0.1) is 24.0 Å². The van der Waals surface area contributed by atoms with Gasteiger partial charge in [-0.15, -0.1) is 0 Å². The zero-order valence-corrected chi connectivity index (χ0v) is 16.4. The quantitative estimate of drug-likeness (QED) is 0.344. The number of ketones is 1. The third kappa shape index (κ3) is 4.06. The highest BCUT2D eigenvalue weighted by molar-refractivity contribution is 8.35. The van der Waals surface area contributed by atoms with Crippen LogP contribution in [0.3, 0.4) is 0 Å². The first-order chi connectivity index (χ1) is 12.7. The number of rotatable bonds is 6. The number of methoxy groups -OCH3 is 1. The van der Waals surface area contributed by atoms with Crippen molar-refractivity contribution in [3.05, 3.63) is 17.2 Å². The predicted molar refractivity (Wildman–Crippen MR) is 103 cm³/mol. The van der Waals surface area contributed by atoms with Crippen LogP contribution in [-0.4, -0.2) is 50.8 Å². The third-order valence-electron chi connectivity index (χ3n) is 3.73. The Morgan fingerprint density at radius 2 is 2.07 bits per heavy atom. The highest BCUT2D eigenvalue weighted by Crippen LogP contribution is 2.42. The van der Waals surface area contributed by atoms with Crippen molar-refractivity contribution in [2.24, 2.45) is 10.7 Å². The molecule has 27 heavy (non-hydrogen) atoms. The van der Waals surface area contributed by atoms with Gasteiger partial charge in [0.1, 0.15) is 5.75 Å². The molecular formula is C15H18N4O6S2. The molecule has 146 valence electrons. The van der Waals surface area contributed by atoms with Crippen LogP contribution in [0.4, 0.5) is 11.4 Å². The monoisotopic (exact) mass is 414 g/mol. The lowest BCUT2D eigenvalue weighted by Gasteiger charge is -2.18. The van der Waals surface area contributed by atoms with Gasteiger partial charge < -0.3 is 15.8 Å². The van der Waals surface area contributed by atoms with E-state index in [2.05, 4.69) is 15.0 Å². The second kappa shape index (κ2) is 7.96. The molecule has 1 aliphatic rings. The molecule has 1 aromatic carbocycles. The maximum Gasteiger partial charge on any atom is 0.296 e. The molecule has 0 aromatic heterocycles. The third-order valence-corrected chi connectivity index (χ3v) is 6.55. The fraction of sp³-hybridized carbons (Fsp3) is 0.333. The molecule has 0 saturated carbocycles. The van der Waals surface area contributed by atoms with Crippen molar-refractivity contribution >= 4 is 55.1 Å². The van der Waals surface area contributed by atoms with Gasteiger partial charge in [-0.05, 0) is 18.7 Å². The zero-order chi connectivity index (χ0) is 20.4. The van der Waals surface area contributed by atoms with Crippen molar-refractivity contribution in [2.45, 2.75) is 12.8 Å². The molecule has 2 amide bonds. The highest BCUT2D eigenvalue weighted by Gasteiger charge is 2.34. The number of sulfonamides is 1. The van der Waals surface area contributed by atoms with Gasteiger partial charge >= 0.3 is 0 Å². The summed E-state index contributed by atoms with van der Waals surface area (Å²) < 4.78 is 32.5. The Labute approximate surface area is 160 Å². The molecule has 0 bridgehead atoms. The van der Waals surface area contributed by atoms with Crippen LogP contribution in [0.1, 0.15) is 22.3 Å². The van der Waals surface area contributed by atoms with E-state index in [1.54, 1.807) is 6.26 Å². The van der Waals surface area contributed by atoms with E-state index < -0.39 is 27.6 Å². The summed E-state index contributed by atoms with van der Waals surface area (Å²) in [6.45, 7) is 0. The minimum Gasteiger partial charge on any atom is -0.494 e. The first-order valence-electron chi connectivity index (χ1n) is 7.57. The molecule has 2 rings (SSSR count). The number of fused-ring (bicyclic) bond motifs is 1. The molecule has 4 N–H and O–H groups in total. The van der Waals surface area contributed by atoms with E-state index >= 15 is 0 Å². The maximum atomic E-state index is 12.5. The van der Waals surface area contributed by atoms with E-state index in [9.17, 15) is 22.8 Å². The maximum absolute atomic E-state index is 12.5. The average Bonchev–Trinajstić information content (AvgIpc) is 2.87. The van der Waals surface area contributed by atoms with Gasteiger partial charge in [0, 0.05) is 19.0 Å². The van der Waals surface area contributed by atoms with Crippen LogP contribution >= 0.6 is 11.8 Å². The number of benzene rings is 1. The second-order valence-corrected chi connectivity index (χ2v) is 8.06. The number of carbonyl (C=O) groups excluding carboxylic acids is 3. The van der Waals surface area contributed by atoms with Gasteiger partial charge in [0.25, 0.3) is 21.7 Å². The molecule has 0 unspecified atom stereocenters. The second-order valence-electron chi connectivity index (χ2n) is 5.41. The summed E-state index contributed by atoms with van der Waals surface area (Å²) in [5, 5.41) is 2.40. The molecule has 0 spiro atoms. The molecule has 0 aliphatic carbocycles. The number of hydrogen-bond donors (Lipinski definition) is 3. The molecule has 10 nitrogen and oxygen atoms in total. The molecule has 0 atom stereocenters. The van der Waals surface area contributed by atoms with E-state index in [0.29, 0.717) is 0 Å². The van der Waals surface area contributed by atoms with Gasteiger partial charge in [0.15, 0.2) is 0 Å². The predicted octanol–water partition coefficient (Wildman–Crippen LogP) is 0.338. The Morgan fingerprint density at radius 3 is 2.59 bits per heavy atom. The number of hydrogen-bond acceptors (Lipinski definition) is 8. The molecule has 1 heterocycles. The summed E-state index contributed by atoms with van der Waals surface area (Å²) in [5.74, 6) is -2.19. The van der Waals surface area contributed by atoms with E-state index in [1.165, 1.54) is 20.2 Å². The number of ether oxygens (including phenoxy) is 1. The van der Waals surface area contributed by atoms with Crippen molar-refractivity contribution in [3.63, 3.8) is 0 Å². The molecule has 1 aliphatic heterocycles. The minimum atomic E-state index is -4.04. The average molecular weight is 414 g/mol. The molecule has 0 radical (unpaired) electrons. The summed E-state index contributed by atoms with van der Waals surface area (Å²) in [6.07, 6.45) is 1.49. The Balaban J connectivity index is 2.66. The summed E-state index contributed by atoms with van der Waals surface area (Å²) in [4.78, 5) is 38.7. The van der Waals surface area contributed by atoms with E-state index in [1.807, 2.05) is 0 Å². The van der Waals surface area contributed by atoms with Gasteiger partial charge in [0.2, 0.25) is 10.3 Å². The number of nitrogens with zero attached hydrogens (tertiary/aromatic N) is 1. The van der Waals surface area contributed by atoms with Crippen LogP contribution in [0, 0.1) is 0 Å². The molecule has 1 aromatic rings. The standard InChI is InChI=1S/C15H18N4O6S2/c1-17-15(26-3)27(23,24)19-9-6-8-11(18-14(22)12(8)21)13(25-2)7(9)4-5-10(16)20/h6,19H,4-5H2,1-3H3,(H2,16,20)(H,18,21,22)/b17-15+. The summed E-state index contributed by atoms with van der Waals surface area (Å²) in [6, 6.07) is 1.24. The van der Waals surface area contributed by atoms with Crippen LogP contribution in [0.15, 0.2) is 11.1 Å². The summed E-state index contributed by atoms with van der Waals surface area (Å²) in [7, 11) is -1.40. The zero-order valence-electron chi connectivity index (χ0n) is 14.8. The number of nitrogens with two attached hydrogens (primary N) is 1. The fourth-order valence-electron chi connectivity index (χ4n) is 2.62. The smallest absolute Gasteiger partial charge is 0.296 e. The summed E-state index contributed by atoms with van der Waals surface area (Å²) in [5.41, 5.74) is 5.58. The number of anilines is 2. The molecular weight excluding hydrogens is 396 g/mol. The number of carbonyl (C=O) groups is 3. The van der Waals surface area contributed by atoms with Crippen LogP contribution in [0.2, 0.25) is 0 Å². The SMILES string of the molecule is C/N=C(\SC)S(=O)(=O)Nc1cc2c(c(OC)c1CCC(N)=O)NC(=O)C2=O. The van der Waals surface area contributed by atoms with Crippen molar-refractivity contribution in [1.82, 2.24) is 0 Å². The Hall–Kier alpha value is -2.60. The van der Waals surface area contributed by atoms with E-state index in [0.717, 1.165) is 11.8 Å². The molecule has 0 saturated heterocycles. The number of nitrogens with one attached hydrogen (secondary N) is 2. The van der Waals surface area contributed by atoms with Gasteiger partial charge in [-0.25, -0.2) is 0 Å². The number of amides is 2. The Bertz CT molecular complexity index is 956. The largest absolute Gasteiger partial charge is 0.494 e. The highest BCUT2D eigenvalue weighted by atomic mass is 32.3. The number of Topliss-reactive ketones (excluding diaryl/α,β-unsaturated/α-hetero) is 1. The van der Waals surface area contributed by atoms with E-state index in [4.69, 9.17) is 10.5 Å². The topological polar surface area (TPSA) is 157 Å². The lowest BCUT2D eigenvalue weighted by molar-refractivity contribution is -0.118. The molecule has 0 fully saturated rings. The number of aliphatic imine (C=N–C) groups is 1. The number of thioether (sulfide) groups is 1. The van der Waals surface area contributed by atoms with Crippen molar-refractivity contribution < 1.29 is 27.5 Å². The minimum absolute atomic E-state index is 0.00639. The number of primary amides is 1. The van der Waals surface area contributed by atoms with Crippen LogP contribution in [-0.2, 0) is 26.0 Å². The normalized spacial score (nSPS) is 14.0. The van der Waals surface area contributed by atoms with Gasteiger partial charge in [-0.1, -0.05) is 11.8 Å². The van der Waals surface area contributed by atoms with Crippen LogP contribution in [0.25, 0.3) is 0 Å². The lowest BCUT2D eigenvalue weighted by atomic mass is 10.0. The van der Waals surface area contributed by atoms with Crippen LogP contribution in [0.5, 0.6) is 5.75 Å². The van der Waals surface area contributed by atoms with Gasteiger partial charge in [-0.3, -0.25) is 24.1 Å². The summed E-state index contributed by atoms with van der Waals surface area (Å²) >= 11 is 0.917. The lowest BCUT2D eigenvalue weighted by Crippen LogP contribution is -2.22. The van der Waals surface area contributed by atoms with Crippen LogP contribution < -0.4 is 20.5 Å². The van der Waals surface area contributed by atoms with Crippen molar-refractivity contribution in [3.8, 4) is 5.75 Å². The fourth-order valence-corrected chi connectivity index (χ4v) is 4.60. The van der Waals surface area contributed by atoms with E-state index in [-0.39, 0.29) is 45.5 Å². The molecule has 12 heteroatoms.